The largest absolute Gasteiger partial charge is 0.496 e. The number of hydrogen-bond donors (Lipinski definition) is 0. The van der Waals surface area contributed by atoms with Crippen molar-refractivity contribution in [2.45, 2.75) is 46.0 Å². The maximum absolute atomic E-state index is 12.3. The van der Waals surface area contributed by atoms with E-state index in [0.717, 1.165) is 19.3 Å². The number of carbonyl (C=O) groups is 2. The van der Waals surface area contributed by atoms with Gasteiger partial charge in [-0.3, -0.25) is 9.59 Å². The monoisotopic (exact) mass is 292 g/mol. The molecule has 0 saturated carbocycles. The van der Waals surface area contributed by atoms with Crippen molar-refractivity contribution in [1.29, 1.82) is 0 Å². The van der Waals surface area contributed by atoms with Crippen molar-refractivity contribution in [2.24, 2.45) is 0 Å². The van der Waals surface area contributed by atoms with Crippen LogP contribution in [0.25, 0.3) is 0 Å². The zero-order chi connectivity index (χ0) is 15.7. The number of ketones is 1. The van der Waals surface area contributed by atoms with Crippen molar-refractivity contribution < 1.29 is 19.1 Å². The molecule has 4 heteroatoms. The predicted molar refractivity (Wildman–Crippen MR) is 81.8 cm³/mol. The number of unbranched alkanes of at least 4 members (excludes halogenated alkanes) is 2. The van der Waals surface area contributed by atoms with Gasteiger partial charge in [-0.2, -0.15) is 0 Å². The van der Waals surface area contributed by atoms with E-state index >= 15 is 0 Å². The van der Waals surface area contributed by atoms with E-state index in [9.17, 15) is 9.59 Å². The molecule has 1 rings (SSSR count). The summed E-state index contributed by atoms with van der Waals surface area (Å²) in [5.74, 6) is 0.274. The third kappa shape index (κ3) is 5.21. The molecule has 0 atom stereocenters. The van der Waals surface area contributed by atoms with Crippen LogP contribution in [0, 0.1) is 0 Å². The number of hydrogen-bond acceptors (Lipinski definition) is 4. The van der Waals surface area contributed by atoms with E-state index < -0.39 is 0 Å². The third-order valence-corrected chi connectivity index (χ3v) is 3.29. The van der Waals surface area contributed by atoms with Crippen LogP contribution >= 0.6 is 0 Å². The highest BCUT2D eigenvalue weighted by atomic mass is 16.5. The van der Waals surface area contributed by atoms with Gasteiger partial charge in [-0.25, -0.2) is 0 Å². The maximum atomic E-state index is 12.3. The predicted octanol–water partition coefficient (Wildman–Crippen LogP) is 3.56. The van der Waals surface area contributed by atoms with E-state index in [1.807, 2.05) is 0 Å². The van der Waals surface area contributed by atoms with E-state index in [-0.39, 0.29) is 18.2 Å². The molecule has 0 aliphatic carbocycles. The van der Waals surface area contributed by atoms with Crippen LogP contribution in [-0.4, -0.2) is 25.5 Å². The highest BCUT2D eigenvalue weighted by Gasteiger charge is 2.18. The summed E-state index contributed by atoms with van der Waals surface area (Å²) in [5.41, 5.74) is 1.19. The average molecular weight is 292 g/mol. The quantitative estimate of drug-likeness (QED) is 0.397. The molecule has 4 nitrogen and oxygen atoms in total. The van der Waals surface area contributed by atoms with Crippen LogP contribution < -0.4 is 4.74 Å². The molecule has 0 fully saturated rings. The van der Waals surface area contributed by atoms with Gasteiger partial charge in [-0.05, 0) is 19.4 Å². The molecule has 0 spiro atoms. The second-order valence-electron chi connectivity index (χ2n) is 4.85. The van der Waals surface area contributed by atoms with Gasteiger partial charge in [0.05, 0.1) is 20.1 Å². The van der Waals surface area contributed by atoms with Crippen LogP contribution in [0.2, 0.25) is 0 Å². The first-order chi connectivity index (χ1) is 10.1. The summed E-state index contributed by atoms with van der Waals surface area (Å²) in [4.78, 5) is 24.1. The Morgan fingerprint density at radius 2 is 1.90 bits per heavy atom. The lowest BCUT2D eigenvalue weighted by molar-refractivity contribution is -0.142. The second-order valence-corrected chi connectivity index (χ2v) is 4.85. The number of benzene rings is 1. The van der Waals surface area contributed by atoms with Gasteiger partial charge >= 0.3 is 5.97 Å². The summed E-state index contributed by atoms with van der Waals surface area (Å²) in [6.07, 6.45) is 3.53. The summed E-state index contributed by atoms with van der Waals surface area (Å²) >= 11 is 0. The molecule has 0 heterocycles. The lowest BCUT2D eigenvalue weighted by atomic mass is 9.97. The Morgan fingerprint density at radius 1 is 1.14 bits per heavy atom. The van der Waals surface area contributed by atoms with E-state index in [4.69, 9.17) is 9.47 Å². The van der Waals surface area contributed by atoms with Gasteiger partial charge < -0.3 is 9.47 Å². The Kier molecular flexibility index (Phi) is 7.51. The fourth-order valence-corrected chi connectivity index (χ4v) is 2.23. The molecule has 116 valence electrons. The summed E-state index contributed by atoms with van der Waals surface area (Å²) in [7, 11) is 1.54. The van der Waals surface area contributed by atoms with Gasteiger partial charge in [0, 0.05) is 17.5 Å². The number of carbonyl (C=O) groups excluding carboxylic acids is 2. The highest BCUT2D eigenvalue weighted by Crippen LogP contribution is 2.25. The number of rotatable bonds is 9. The Hall–Kier alpha value is -1.84. The van der Waals surface area contributed by atoms with Gasteiger partial charge in [-0.15, -0.1) is 0 Å². The Labute approximate surface area is 126 Å². The van der Waals surface area contributed by atoms with E-state index in [0.29, 0.717) is 29.9 Å². The Morgan fingerprint density at radius 3 is 2.52 bits per heavy atom. The molecule has 0 saturated heterocycles. The van der Waals surface area contributed by atoms with Gasteiger partial charge in [0.25, 0.3) is 0 Å². The minimum atomic E-state index is -0.343. The van der Waals surface area contributed by atoms with Crippen LogP contribution in [0.4, 0.5) is 0 Å². The molecule has 0 aromatic heterocycles. The molecule has 0 amide bonds. The van der Waals surface area contributed by atoms with Crippen molar-refractivity contribution in [2.75, 3.05) is 13.7 Å². The summed E-state index contributed by atoms with van der Waals surface area (Å²) in [6.45, 7) is 4.19. The molecule has 0 aliphatic heterocycles. The van der Waals surface area contributed by atoms with Crippen LogP contribution in [0.15, 0.2) is 18.2 Å². The molecule has 1 aromatic rings. The summed E-state index contributed by atoms with van der Waals surface area (Å²) in [6, 6.07) is 5.29. The summed E-state index contributed by atoms with van der Waals surface area (Å²) in [5, 5.41) is 0. The number of ether oxygens (including phenoxy) is 2. The van der Waals surface area contributed by atoms with E-state index in [2.05, 4.69) is 6.92 Å². The SMILES string of the molecule is CCCCCC(=O)c1cccc(OC)c1CC(=O)OCC. The first-order valence-electron chi connectivity index (χ1n) is 7.48. The van der Waals surface area contributed by atoms with Crippen molar-refractivity contribution in [3.05, 3.63) is 29.3 Å². The average Bonchev–Trinajstić information content (AvgIpc) is 2.47. The second kappa shape index (κ2) is 9.16. The van der Waals surface area contributed by atoms with Crippen molar-refractivity contribution in [3.8, 4) is 5.75 Å². The summed E-state index contributed by atoms with van der Waals surface area (Å²) < 4.78 is 10.3. The maximum Gasteiger partial charge on any atom is 0.310 e. The Balaban J connectivity index is 2.96. The van der Waals surface area contributed by atoms with Crippen LogP contribution in [0.3, 0.4) is 0 Å². The molecule has 0 radical (unpaired) electrons. The normalized spacial score (nSPS) is 10.2. The molecule has 0 unspecified atom stereocenters. The Bertz CT molecular complexity index is 480. The van der Waals surface area contributed by atoms with Crippen LogP contribution in [0.5, 0.6) is 5.75 Å². The molecule has 21 heavy (non-hydrogen) atoms. The fourth-order valence-electron chi connectivity index (χ4n) is 2.23. The van der Waals surface area contributed by atoms with Gasteiger partial charge in [-0.1, -0.05) is 31.9 Å². The number of methoxy groups -OCH3 is 1. The van der Waals surface area contributed by atoms with Gasteiger partial charge in [0.15, 0.2) is 5.78 Å². The van der Waals surface area contributed by atoms with Gasteiger partial charge in [0.2, 0.25) is 0 Å². The highest BCUT2D eigenvalue weighted by molar-refractivity contribution is 5.99. The standard InChI is InChI=1S/C17H24O4/c1-4-6-7-10-15(18)13-9-8-11-16(20-3)14(13)12-17(19)21-5-2/h8-9,11H,4-7,10,12H2,1-3H3. The van der Waals surface area contributed by atoms with Crippen LogP contribution in [-0.2, 0) is 16.0 Å². The van der Waals surface area contributed by atoms with Crippen LogP contribution in [0.1, 0.15) is 55.5 Å². The zero-order valence-corrected chi connectivity index (χ0v) is 13.1. The lowest BCUT2D eigenvalue weighted by Gasteiger charge is -2.13. The molecular formula is C17H24O4. The molecular weight excluding hydrogens is 268 g/mol. The van der Waals surface area contributed by atoms with Crippen molar-refractivity contribution >= 4 is 11.8 Å². The molecule has 0 bridgehead atoms. The molecule has 1 aromatic carbocycles. The molecule has 0 aliphatic rings. The van der Waals surface area contributed by atoms with E-state index in [1.165, 1.54) is 7.11 Å². The first-order valence-corrected chi connectivity index (χ1v) is 7.48. The minimum Gasteiger partial charge on any atom is -0.496 e. The van der Waals surface area contributed by atoms with Crippen molar-refractivity contribution in [3.63, 3.8) is 0 Å². The number of Topliss-reactive ketones (excluding diaryl/α,β-unsaturated/α-hetero) is 1. The van der Waals surface area contributed by atoms with Crippen molar-refractivity contribution in [1.82, 2.24) is 0 Å². The van der Waals surface area contributed by atoms with Gasteiger partial charge in [0.1, 0.15) is 5.75 Å². The minimum absolute atomic E-state index is 0.0571. The fraction of sp³-hybridized carbons (Fsp3) is 0.529. The zero-order valence-electron chi connectivity index (χ0n) is 13.1. The number of esters is 1. The molecule has 0 N–H and O–H groups in total. The first kappa shape index (κ1) is 17.2. The third-order valence-electron chi connectivity index (χ3n) is 3.29. The lowest BCUT2D eigenvalue weighted by Crippen LogP contribution is -2.13. The topological polar surface area (TPSA) is 52.6 Å². The van der Waals surface area contributed by atoms with E-state index in [1.54, 1.807) is 25.1 Å². The smallest absolute Gasteiger partial charge is 0.310 e.